The Hall–Kier alpha value is -0.800. The van der Waals surface area contributed by atoms with Crippen molar-refractivity contribution in [3.63, 3.8) is 0 Å². The second kappa shape index (κ2) is 6.64. The van der Waals surface area contributed by atoms with Crippen molar-refractivity contribution >= 4 is 11.8 Å². The molecule has 2 nitrogen and oxygen atoms in total. The van der Waals surface area contributed by atoms with Gasteiger partial charge >= 0.3 is 0 Å². The summed E-state index contributed by atoms with van der Waals surface area (Å²) in [6, 6.07) is 4.53. The van der Waals surface area contributed by atoms with Crippen molar-refractivity contribution in [2.45, 2.75) is 24.3 Å². The zero-order valence-electron chi connectivity index (χ0n) is 9.36. The van der Waals surface area contributed by atoms with Crippen LogP contribution < -0.4 is 5.32 Å². The lowest BCUT2D eigenvalue weighted by Crippen LogP contribution is -2.25. The number of hydrogen-bond donors (Lipinski definition) is 1. The third-order valence-electron chi connectivity index (χ3n) is 2.19. The number of nitrogens with one attached hydrogen (secondary N) is 1. The summed E-state index contributed by atoms with van der Waals surface area (Å²) in [5, 5.41) is 3.18. The number of pyridine rings is 1. The Morgan fingerprint density at radius 3 is 2.87 bits per heavy atom. The second-order valence-corrected chi connectivity index (χ2v) is 4.59. The van der Waals surface area contributed by atoms with Crippen LogP contribution in [0.5, 0.6) is 0 Å². The van der Waals surface area contributed by atoms with Gasteiger partial charge in [-0.1, -0.05) is 13.0 Å². The highest BCUT2D eigenvalue weighted by atomic mass is 32.2. The lowest BCUT2D eigenvalue weighted by atomic mass is 10.1. The Labute approximate surface area is 96.2 Å². The second-order valence-electron chi connectivity index (χ2n) is 3.25. The minimum atomic E-state index is 0.308. The lowest BCUT2D eigenvalue weighted by Gasteiger charge is -2.10. The van der Waals surface area contributed by atoms with Gasteiger partial charge in [-0.2, -0.15) is 0 Å². The van der Waals surface area contributed by atoms with Crippen molar-refractivity contribution in [3.05, 3.63) is 36.7 Å². The molecule has 1 rings (SSSR count). The van der Waals surface area contributed by atoms with Gasteiger partial charge in [0.25, 0.3) is 0 Å². The molecule has 0 amide bonds. The van der Waals surface area contributed by atoms with Gasteiger partial charge < -0.3 is 5.32 Å². The molecule has 1 heterocycles. The molecule has 1 aromatic heterocycles. The minimum absolute atomic E-state index is 0.308. The summed E-state index contributed by atoms with van der Waals surface area (Å²) in [6.45, 7) is 5.93. The average molecular weight is 222 g/mol. The summed E-state index contributed by atoms with van der Waals surface area (Å²) in [4.78, 5) is 5.66. The van der Waals surface area contributed by atoms with Crippen molar-refractivity contribution in [2.24, 2.45) is 0 Å². The van der Waals surface area contributed by atoms with Gasteiger partial charge in [0, 0.05) is 29.2 Å². The fourth-order valence-electron chi connectivity index (χ4n) is 1.31. The summed E-state index contributed by atoms with van der Waals surface area (Å²) in [5.74, 6) is 1.09. The quantitative estimate of drug-likeness (QED) is 0.591. The van der Waals surface area contributed by atoms with Gasteiger partial charge in [0.1, 0.15) is 0 Å². The van der Waals surface area contributed by atoms with Gasteiger partial charge in [0.15, 0.2) is 0 Å². The molecule has 0 aromatic carbocycles. The van der Waals surface area contributed by atoms with E-state index < -0.39 is 0 Å². The van der Waals surface area contributed by atoms with Gasteiger partial charge in [-0.25, -0.2) is 0 Å². The van der Waals surface area contributed by atoms with Crippen molar-refractivity contribution < 1.29 is 0 Å². The summed E-state index contributed by atoms with van der Waals surface area (Å²) >= 11 is 1.82. The molecule has 0 aliphatic carbocycles. The Morgan fingerprint density at radius 2 is 2.40 bits per heavy atom. The Balaban J connectivity index is 2.59. The van der Waals surface area contributed by atoms with Crippen molar-refractivity contribution in [3.8, 4) is 0 Å². The summed E-state index contributed by atoms with van der Waals surface area (Å²) < 4.78 is 0. The van der Waals surface area contributed by atoms with Gasteiger partial charge in [-0.15, -0.1) is 18.3 Å². The number of rotatable bonds is 6. The van der Waals surface area contributed by atoms with Crippen LogP contribution in [0.1, 0.15) is 12.6 Å². The molecule has 1 N–H and O–H groups in total. The van der Waals surface area contributed by atoms with E-state index in [0.717, 1.165) is 17.9 Å². The van der Waals surface area contributed by atoms with Gasteiger partial charge in [-0.3, -0.25) is 4.98 Å². The first kappa shape index (κ1) is 12.3. The molecule has 1 aromatic rings. The minimum Gasteiger partial charge on any atom is -0.313 e. The van der Waals surface area contributed by atoms with Gasteiger partial charge in [0.2, 0.25) is 0 Å². The molecular weight excluding hydrogens is 204 g/mol. The van der Waals surface area contributed by atoms with Crippen LogP contribution in [-0.4, -0.2) is 23.8 Å². The van der Waals surface area contributed by atoms with Crippen LogP contribution in [0.3, 0.4) is 0 Å². The van der Waals surface area contributed by atoms with E-state index in [1.54, 1.807) is 0 Å². The molecule has 0 spiro atoms. The average Bonchev–Trinajstić information content (AvgIpc) is 2.28. The number of hydrogen-bond acceptors (Lipinski definition) is 3. The zero-order chi connectivity index (χ0) is 11.1. The molecule has 3 heteroatoms. The van der Waals surface area contributed by atoms with E-state index in [0.29, 0.717) is 6.04 Å². The molecule has 0 radical (unpaired) electrons. The van der Waals surface area contributed by atoms with Crippen LogP contribution in [0.15, 0.2) is 35.9 Å². The van der Waals surface area contributed by atoms with Crippen molar-refractivity contribution in [1.29, 1.82) is 0 Å². The van der Waals surface area contributed by atoms with E-state index in [4.69, 9.17) is 0 Å². The fourth-order valence-corrected chi connectivity index (χ4v) is 1.94. The van der Waals surface area contributed by atoms with E-state index >= 15 is 0 Å². The van der Waals surface area contributed by atoms with Gasteiger partial charge in [-0.05, 0) is 24.9 Å². The standard InChI is InChI=1S/C12H18N2S/c1-4-10(13-3)8-11-6-7-12(9-14-11)15-5-2/h4,6-7,9-10,13H,1,5,8H2,2-3H3. The predicted octanol–water partition coefficient (Wildman–Crippen LogP) is 2.51. The first-order chi connectivity index (χ1) is 7.30. The van der Waals surface area contributed by atoms with E-state index in [2.05, 4.69) is 35.9 Å². The highest BCUT2D eigenvalue weighted by Gasteiger charge is 2.03. The molecule has 0 fully saturated rings. The molecule has 0 aliphatic heterocycles. The van der Waals surface area contributed by atoms with Crippen LogP contribution in [0.2, 0.25) is 0 Å². The maximum Gasteiger partial charge on any atom is 0.0423 e. The first-order valence-electron chi connectivity index (χ1n) is 5.17. The molecule has 0 saturated heterocycles. The number of nitrogens with zero attached hydrogens (tertiary/aromatic N) is 1. The van der Waals surface area contributed by atoms with Crippen LogP contribution >= 0.6 is 11.8 Å². The van der Waals surface area contributed by atoms with Crippen molar-refractivity contribution in [2.75, 3.05) is 12.8 Å². The Kier molecular flexibility index (Phi) is 5.43. The highest BCUT2D eigenvalue weighted by Crippen LogP contribution is 2.16. The van der Waals surface area contributed by atoms with E-state index in [9.17, 15) is 0 Å². The molecule has 1 atom stereocenters. The molecule has 0 bridgehead atoms. The first-order valence-corrected chi connectivity index (χ1v) is 6.16. The Morgan fingerprint density at radius 1 is 1.60 bits per heavy atom. The van der Waals surface area contributed by atoms with Crippen LogP contribution in [0, 0.1) is 0 Å². The molecule has 1 unspecified atom stereocenters. The zero-order valence-corrected chi connectivity index (χ0v) is 10.2. The SMILES string of the molecule is C=CC(Cc1ccc(SCC)cn1)NC. The normalized spacial score (nSPS) is 12.4. The summed E-state index contributed by atoms with van der Waals surface area (Å²) in [7, 11) is 1.94. The maximum atomic E-state index is 4.42. The third-order valence-corrected chi connectivity index (χ3v) is 3.06. The van der Waals surface area contributed by atoms with E-state index in [1.807, 2.05) is 31.1 Å². The van der Waals surface area contributed by atoms with E-state index in [1.165, 1.54) is 4.90 Å². The van der Waals surface area contributed by atoms with E-state index in [-0.39, 0.29) is 0 Å². The molecule has 0 saturated carbocycles. The maximum absolute atomic E-state index is 4.42. The lowest BCUT2D eigenvalue weighted by molar-refractivity contribution is 0.655. The molecular formula is C12H18N2S. The Bertz CT molecular complexity index is 295. The van der Waals surface area contributed by atoms with Crippen LogP contribution in [0.25, 0.3) is 0 Å². The fraction of sp³-hybridized carbons (Fsp3) is 0.417. The largest absolute Gasteiger partial charge is 0.313 e. The number of likely N-dealkylation sites (N-methyl/N-ethyl adjacent to an activating group) is 1. The topological polar surface area (TPSA) is 24.9 Å². The molecule has 0 aliphatic rings. The molecule has 82 valence electrons. The van der Waals surface area contributed by atoms with Gasteiger partial charge in [0.05, 0.1) is 0 Å². The van der Waals surface area contributed by atoms with Crippen LogP contribution in [-0.2, 0) is 6.42 Å². The van der Waals surface area contributed by atoms with Crippen molar-refractivity contribution in [1.82, 2.24) is 10.3 Å². The summed E-state index contributed by atoms with van der Waals surface area (Å²) in [6.07, 6.45) is 4.76. The monoisotopic (exact) mass is 222 g/mol. The number of thioether (sulfide) groups is 1. The smallest absolute Gasteiger partial charge is 0.0423 e. The predicted molar refractivity (Wildman–Crippen MR) is 67.4 cm³/mol. The molecule has 15 heavy (non-hydrogen) atoms. The van der Waals surface area contributed by atoms with Crippen LogP contribution in [0.4, 0.5) is 0 Å². The third kappa shape index (κ3) is 4.06. The number of aromatic nitrogens is 1. The highest BCUT2D eigenvalue weighted by molar-refractivity contribution is 7.99. The summed E-state index contributed by atoms with van der Waals surface area (Å²) in [5.41, 5.74) is 1.11.